The van der Waals surface area contributed by atoms with Gasteiger partial charge in [0.1, 0.15) is 5.95 Å². The number of nitrogens with zero attached hydrogens (tertiary/aromatic N) is 3. The van der Waals surface area contributed by atoms with Crippen LogP contribution in [0.1, 0.15) is 31.2 Å². The predicted octanol–water partition coefficient (Wildman–Crippen LogP) is 0.649. The van der Waals surface area contributed by atoms with Gasteiger partial charge in [-0.2, -0.15) is 0 Å². The van der Waals surface area contributed by atoms with E-state index in [4.69, 9.17) is 0 Å². The largest absolute Gasteiger partial charge is 0.539 e. The van der Waals surface area contributed by atoms with Gasteiger partial charge in [0.05, 0.1) is 5.27 Å². The first-order valence-corrected chi connectivity index (χ1v) is 9.42. The second kappa shape index (κ2) is 9.44. The third-order valence-corrected chi connectivity index (χ3v) is 4.91. The summed E-state index contributed by atoms with van der Waals surface area (Å²) in [6.07, 6.45) is 3.78. The number of carbonyl (C=O) groups is 2. The van der Waals surface area contributed by atoms with E-state index >= 15 is 0 Å². The lowest BCUT2D eigenvalue weighted by Gasteiger charge is -2.31. The molecule has 1 atom stereocenters. The minimum Gasteiger partial charge on any atom is -0.539 e. The summed E-state index contributed by atoms with van der Waals surface area (Å²) < 4.78 is 31.7. The average molecular weight is 408 g/mol. The zero-order valence-corrected chi connectivity index (χ0v) is 15.8. The Hall–Kier alpha value is -3.04. The maximum atomic E-state index is 13.2. The fourth-order valence-electron chi connectivity index (χ4n) is 3.38. The maximum Gasteiger partial charge on any atom is 0.291 e. The van der Waals surface area contributed by atoms with Crippen LogP contribution in [0, 0.1) is 17.6 Å². The van der Waals surface area contributed by atoms with E-state index in [0.717, 1.165) is 31.2 Å². The number of halogens is 2. The zero-order chi connectivity index (χ0) is 20.8. The molecule has 156 valence electrons. The van der Waals surface area contributed by atoms with Crippen molar-refractivity contribution in [3.05, 3.63) is 41.6 Å². The van der Waals surface area contributed by atoms with Crippen molar-refractivity contribution in [2.24, 2.45) is 5.92 Å². The molecule has 1 saturated heterocycles. The average Bonchev–Trinajstić information content (AvgIpc) is 3.12. The van der Waals surface area contributed by atoms with Gasteiger partial charge < -0.3 is 19.8 Å². The Labute approximate surface area is 166 Å². The highest BCUT2D eigenvalue weighted by atomic mass is 19.2. The number of carbonyl (C=O) groups excluding carboxylic acids is 2. The molecule has 0 radical (unpaired) electrons. The van der Waals surface area contributed by atoms with E-state index in [1.165, 1.54) is 10.7 Å². The van der Waals surface area contributed by atoms with Crippen molar-refractivity contribution < 1.29 is 32.7 Å². The molecule has 1 aliphatic heterocycles. The van der Waals surface area contributed by atoms with Gasteiger partial charge in [-0.1, -0.05) is 10.7 Å². The number of likely N-dealkylation sites (tertiary alicyclic amines) is 1. The van der Waals surface area contributed by atoms with Crippen LogP contribution in [0.5, 0.6) is 5.95 Å². The number of hydrogen-bond acceptors (Lipinski definition) is 5. The first-order chi connectivity index (χ1) is 13.9. The first-order valence-electron chi connectivity index (χ1n) is 9.42. The van der Waals surface area contributed by atoms with Crippen LogP contribution in [0.2, 0.25) is 0 Å². The highest BCUT2D eigenvalue weighted by Crippen LogP contribution is 2.21. The Morgan fingerprint density at radius 3 is 2.90 bits per heavy atom. The topological polar surface area (TPSA) is 102 Å². The Morgan fingerprint density at radius 2 is 2.17 bits per heavy atom. The number of piperidine rings is 1. The Kier molecular flexibility index (Phi) is 6.73. The molecule has 8 nitrogen and oxygen atoms in total. The van der Waals surface area contributed by atoms with E-state index in [1.54, 1.807) is 4.90 Å². The maximum absolute atomic E-state index is 13.2. The summed E-state index contributed by atoms with van der Waals surface area (Å²) in [4.78, 5) is 26.1. The molecule has 0 bridgehead atoms. The summed E-state index contributed by atoms with van der Waals surface area (Å²) in [6.45, 7) is 1.23. The molecule has 1 aromatic heterocycles. The highest BCUT2D eigenvalue weighted by Gasteiger charge is 2.26. The van der Waals surface area contributed by atoms with Crippen LogP contribution >= 0.6 is 0 Å². The smallest absolute Gasteiger partial charge is 0.291 e. The van der Waals surface area contributed by atoms with E-state index in [-0.39, 0.29) is 37.2 Å². The van der Waals surface area contributed by atoms with Gasteiger partial charge in [0, 0.05) is 26.1 Å². The number of rotatable bonds is 7. The lowest BCUT2D eigenvalue weighted by atomic mass is 9.93. The van der Waals surface area contributed by atoms with E-state index in [1.807, 2.05) is 0 Å². The predicted molar refractivity (Wildman–Crippen MR) is 92.9 cm³/mol. The molecule has 29 heavy (non-hydrogen) atoms. The van der Waals surface area contributed by atoms with Gasteiger partial charge in [-0.25, -0.2) is 8.78 Å². The van der Waals surface area contributed by atoms with Gasteiger partial charge in [0.2, 0.25) is 12.1 Å². The molecular weight excluding hydrogens is 386 g/mol. The summed E-state index contributed by atoms with van der Waals surface area (Å²) in [5.74, 6) is -2.62. The number of amides is 2. The van der Waals surface area contributed by atoms with Crippen LogP contribution in [0.25, 0.3) is 0 Å². The Bertz CT molecular complexity index is 874. The van der Waals surface area contributed by atoms with Crippen LogP contribution in [0.3, 0.4) is 0 Å². The summed E-state index contributed by atoms with van der Waals surface area (Å²) >= 11 is 0. The van der Waals surface area contributed by atoms with Crippen LogP contribution in [0.4, 0.5) is 8.78 Å². The summed E-state index contributed by atoms with van der Waals surface area (Å²) in [7, 11) is 0. The van der Waals surface area contributed by atoms with E-state index in [0.29, 0.717) is 25.1 Å². The van der Waals surface area contributed by atoms with Gasteiger partial charge in [-0.05, 0) is 42.9 Å². The molecule has 0 aliphatic carbocycles. The molecule has 10 heteroatoms. The molecule has 1 fully saturated rings. The van der Waals surface area contributed by atoms with E-state index < -0.39 is 17.6 Å². The van der Waals surface area contributed by atoms with Crippen LogP contribution < -0.4 is 15.1 Å². The molecule has 2 aromatic rings. The number of aromatic nitrogens is 2. The second-order valence-electron chi connectivity index (χ2n) is 7.13. The minimum atomic E-state index is -0.945. The van der Waals surface area contributed by atoms with Crippen molar-refractivity contribution in [2.75, 3.05) is 13.1 Å². The molecule has 0 saturated carbocycles. The molecule has 2 heterocycles. The van der Waals surface area contributed by atoms with Gasteiger partial charge in [-0.15, -0.1) is 0 Å². The normalized spacial score (nSPS) is 16.6. The Morgan fingerprint density at radius 1 is 1.34 bits per heavy atom. The molecule has 2 amide bonds. The van der Waals surface area contributed by atoms with E-state index in [9.17, 15) is 23.5 Å². The van der Waals surface area contributed by atoms with Crippen molar-refractivity contribution in [1.82, 2.24) is 15.5 Å². The van der Waals surface area contributed by atoms with Gasteiger partial charge in [0.25, 0.3) is 12.5 Å². The second-order valence-corrected chi connectivity index (χ2v) is 7.13. The fraction of sp³-hybridized carbons (Fsp3) is 0.474. The van der Waals surface area contributed by atoms with Crippen LogP contribution in [-0.4, -0.2) is 35.1 Å². The van der Waals surface area contributed by atoms with Crippen LogP contribution in [-0.2, 0) is 22.7 Å². The standard InChI is InChI=1S/C19H22F2N4O4/c20-15-5-3-14(8-16(15)21)9-22-17(26)6-4-13-2-1-7-24(10-13)18(27)11-25-12-19(28)29-23-25/h3,5,8,12-13H,1-2,4,6-7,9-11H2,(H-,22,23,26,28). The molecule has 0 spiro atoms. The highest BCUT2D eigenvalue weighted by molar-refractivity contribution is 5.76. The molecule has 1 aliphatic rings. The molecule has 1 aromatic carbocycles. The van der Waals surface area contributed by atoms with Crippen molar-refractivity contribution >= 4 is 11.8 Å². The quantitative estimate of drug-likeness (QED) is 0.678. The van der Waals surface area contributed by atoms with Gasteiger partial charge in [-0.3, -0.25) is 9.59 Å². The first kappa shape index (κ1) is 20.7. The fourth-order valence-corrected chi connectivity index (χ4v) is 3.38. The van der Waals surface area contributed by atoms with Crippen molar-refractivity contribution in [3.63, 3.8) is 0 Å². The summed E-state index contributed by atoms with van der Waals surface area (Å²) in [6, 6.07) is 3.51. The van der Waals surface area contributed by atoms with Gasteiger partial charge in [0.15, 0.2) is 11.6 Å². The van der Waals surface area contributed by atoms with Crippen molar-refractivity contribution in [3.8, 4) is 5.95 Å². The number of hydrogen-bond donors (Lipinski definition) is 1. The number of nitrogens with one attached hydrogen (secondary N) is 1. The lowest BCUT2D eigenvalue weighted by Crippen LogP contribution is -2.48. The molecular formula is C19H22F2N4O4. The summed E-state index contributed by atoms with van der Waals surface area (Å²) in [5.41, 5.74) is 0.485. The lowest BCUT2D eigenvalue weighted by molar-refractivity contribution is -0.751. The summed E-state index contributed by atoms with van der Waals surface area (Å²) in [5, 5.41) is 17.1. The molecule has 1 unspecified atom stereocenters. The third-order valence-electron chi connectivity index (χ3n) is 4.91. The van der Waals surface area contributed by atoms with Gasteiger partial charge >= 0.3 is 0 Å². The van der Waals surface area contributed by atoms with Crippen molar-refractivity contribution in [2.45, 2.75) is 38.8 Å². The van der Waals surface area contributed by atoms with E-state index in [2.05, 4.69) is 15.1 Å². The molecule has 1 N–H and O–H groups in total. The number of benzene rings is 1. The molecule has 3 rings (SSSR count). The zero-order valence-electron chi connectivity index (χ0n) is 15.8. The minimum absolute atomic E-state index is 0.0623. The SMILES string of the molecule is O=C(CCC1CCCN(C(=O)C[n+]2cc([O-])on2)C1)NCc1ccc(F)c(F)c1. The third kappa shape index (κ3) is 5.97. The van der Waals surface area contributed by atoms with Crippen LogP contribution in [0.15, 0.2) is 28.9 Å². The monoisotopic (exact) mass is 408 g/mol. The van der Waals surface area contributed by atoms with Crippen molar-refractivity contribution in [1.29, 1.82) is 0 Å². The Balaban J connectivity index is 1.41.